The smallest absolute Gasteiger partial charge is 0.124 e. The first-order chi connectivity index (χ1) is 11.1. The minimum absolute atomic E-state index is 0. The maximum atomic E-state index is 6.01. The van der Waals surface area contributed by atoms with E-state index in [2.05, 4.69) is 67.6 Å². The molecule has 5 heteroatoms. The highest BCUT2D eigenvalue weighted by atomic mass is 35.5. The quantitative estimate of drug-likeness (QED) is 0.645. The standard InChI is InChI=1S/C20H28N2O.2ClH/c1-17-9-11-18(12-10-17)16-23-20-8-5-4-7-19(20)15-21-13-6-14-22(2)3;;/h4-5,7-12,21H,6,13-16H2,1-3H3;2*1H. The van der Waals surface area contributed by atoms with E-state index in [0.29, 0.717) is 6.61 Å². The summed E-state index contributed by atoms with van der Waals surface area (Å²) in [6.45, 7) is 5.68. The van der Waals surface area contributed by atoms with Crippen LogP contribution in [0, 0.1) is 6.92 Å². The van der Waals surface area contributed by atoms with Crippen molar-refractivity contribution in [1.29, 1.82) is 0 Å². The van der Waals surface area contributed by atoms with Gasteiger partial charge in [0, 0.05) is 12.1 Å². The van der Waals surface area contributed by atoms with Gasteiger partial charge in [0.15, 0.2) is 0 Å². The lowest BCUT2D eigenvalue weighted by Crippen LogP contribution is -2.21. The van der Waals surface area contributed by atoms with Gasteiger partial charge >= 0.3 is 0 Å². The van der Waals surface area contributed by atoms with Crippen LogP contribution in [-0.4, -0.2) is 32.1 Å². The molecular formula is C20H30Cl2N2O. The SMILES string of the molecule is Cc1ccc(COc2ccccc2CNCCCN(C)C)cc1.Cl.Cl. The van der Waals surface area contributed by atoms with Gasteiger partial charge in [0.1, 0.15) is 12.4 Å². The molecular weight excluding hydrogens is 355 g/mol. The molecule has 0 aliphatic heterocycles. The van der Waals surface area contributed by atoms with Gasteiger partial charge in [0.25, 0.3) is 0 Å². The maximum Gasteiger partial charge on any atom is 0.124 e. The fraction of sp³-hybridized carbons (Fsp3) is 0.400. The Kier molecular flexibility index (Phi) is 12.4. The summed E-state index contributed by atoms with van der Waals surface area (Å²) in [5.74, 6) is 0.966. The predicted molar refractivity (Wildman–Crippen MR) is 111 cm³/mol. The van der Waals surface area contributed by atoms with Gasteiger partial charge in [0.2, 0.25) is 0 Å². The van der Waals surface area contributed by atoms with Crippen LogP contribution in [0.5, 0.6) is 5.75 Å². The lowest BCUT2D eigenvalue weighted by atomic mass is 10.1. The Morgan fingerprint density at radius 2 is 1.64 bits per heavy atom. The third kappa shape index (κ3) is 9.13. The average molecular weight is 385 g/mol. The van der Waals surface area contributed by atoms with Gasteiger partial charge in [-0.1, -0.05) is 48.0 Å². The fourth-order valence-electron chi connectivity index (χ4n) is 2.38. The van der Waals surface area contributed by atoms with E-state index < -0.39 is 0 Å². The zero-order valence-electron chi connectivity index (χ0n) is 15.3. The van der Waals surface area contributed by atoms with Crippen LogP contribution in [0.3, 0.4) is 0 Å². The van der Waals surface area contributed by atoms with Gasteiger partial charge in [-0.15, -0.1) is 24.8 Å². The van der Waals surface area contributed by atoms with E-state index >= 15 is 0 Å². The van der Waals surface area contributed by atoms with E-state index in [1.807, 2.05) is 12.1 Å². The molecule has 2 aromatic carbocycles. The molecule has 0 bridgehead atoms. The molecule has 0 unspecified atom stereocenters. The number of halogens is 2. The third-order valence-corrected chi connectivity index (χ3v) is 3.76. The summed E-state index contributed by atoms with van der Waals surface area (Å²) < 4.78 is 6.01. The molecule has 0 heterocycles. The molecule has 2 aromatic rings. The summed E-state index contributed by atoms with van der Waals surface area (Å²) in [7, 11) is 4.21. The van der Waals surface area contributed by atoms with Crippen molar-refractivity contribution in [1.82, 2.24) is 10.2 Å². The summed E-state index contributed by atoms with van der Waals surface area (Å²) >= 11 is 0. The average Bonchev–Trinajstić information content (AvgIpc) is 2.55. The highest BCUT2D eigenvalue weighted by molar-refractivity contribution is 5.85. The predicted octanol–water partition coefficient (Wildman–Crippen LogP) is 4.46. The van der Waals surface area contributed by atoms with Crippen molar-refractivity contribution in [3.05, 3.63) is 65.2 Å². The molecule has 0 radical (unpaired) electrons. The van der Waals surface area contributed by atoms with Crippen molar-refractivity contribution in [3.8, 4) is 5.75 Å². The number of ether oxygens (including phenoxy) is 1. The summed E-state index contributed by atoms with van der Waals surface area (Å²) in [4.78, 5) is 2.21. The summed E-state index contributed by atoms with van der Waals surface area (Å²) in [5, 5.41) is 3.50. The van der Waals surface area contributed by atoms with Crippen LogP contribution >= 0.6 is 24.8 Å². The molecule has 0 aliphatic rings. The molecule has 0 aromatic heterocycles. The minimum atomic E-state index is 0. The van der Waals surface area contributed by atoms with E-state index in [1.165, 1.54) is 16.7 Å². The molecule has 1 N–H and O–H groups in total. The molecule has 3 nitrogen and oxygen atoms in total. The lowest BCUT2D eigenvalue weighted by Gasteiger charge is -2.13. The largest absolute Gasteiger partial charge is 0.489 e. The topological polar surface area (TPSA) is 24.5 Å². The van der Waals surface area contributed by atoms with Crippen LogP contribution in [0.15, 0.2) is 48.5 Å². The Hall–Kier alpha value is -1.26. The molecule has 0 atom stereocenters. The van der Waals surface area contributed by atoms with Crippen molar-refractivity contribution in [2.24, 2.45) is 0 Å². The van der Waals surface area contributed by atoms with Crippen molar-refractivity contribution < 1.29 is 4.74 Å². The van der Waals surface area contributed by atoms with Crippen molar-refractivity contribution in [2.75, 3.05) is 27.2 Å². The Labute approximate surface area is 164 Å². The van der Waals surface area contributed by atoms with Gasteiger partial charge in [-0.25, -0.2) is 0 Å². The van der Waals surface area contributed by atoms with E-state index in [-0.39, 0.29) is 24.8 Å². The van der Waals surface area contributed by atoms with Crippen LogP contribution in [0.1, 0.15) is 23.1 Å². The molecule has 0 saturated heterocycles. The number of aryl methyl sites for hydroxylation is 1. The van der Waals surface area contributed by atoms with E-state index in [4.69, 9.17) is 4.74 Å². The van der Waals surface area contributed by atoms with Crippen molar-refractivity contribution >= 4 is 24.8 Å². The second-order valence-corrected chi connectivity index (χ2v) is 6.22. The highest BCUT2D eigenvalue weighted by Crippen LogP contribution is 2.19. The third-order valence-electron chi connectivity index (χ3n) is 3.76. The van der Waals surface area contributed by atoms with Crippen LogP contribution in [0.25, 0.3) is 0 Å². The van der Waals surface area contributed by atoms with Crippen LogP contribution in [0.4, 0.5) is 0 Å². The number of nitrogens with zero attached hydrogens (tertiary/aromatic N) is 1. The van der Waals surface area contributed by atoms with E-state index in [9.17, 15) is 0 Å². The first kappa shape index (κ1) is 23.7. The first-order valence-electron chi connectivity index (χ1n) is 8.27. The van der Waals surface area contributed by atoms with Gasteiger partial charge < -0.3 is 15.0 Å². The highest BCUT2D eigenvalue weighted by Gasteiger charge is 2.03. The molecule has 0 aliphatic carbocycles. The monoisotopic (exact) mass is 384 g/mol. The van der Waals surface area contributed by atoms with E-state index in [1.54, 1.807) is 0 Å². The number of rotatable bonds is 9. The fourth-order valence-corrected chi connectivity index (χ4v) is 2.38. The van der Waals surface area contributed by atoms with Crippen molar-refractivity contribution in [3.63, 3.8) is 0 Å². The maximum absolute atomic E-state index is 6.01. The Bertz CT molecular complexity index is 589. The normalized spacial score (nSPS) is 10.1. The summed E-state index contributed by atoms with van der Waals surface area (Å²) in [5.41, 5.74) is 3.69. The van der Waals surface area contributed by atoms with Crippen LogP contribution < -0.4 is 10.1 Å². The second kappa shape index (κ2) is 13.0. The molecule has 140 valence electrons. The van der Waals surface area contributed by atoms with Crippen molar-refractivity contribution in [2.45, 2.75) is 26.5 Å². The molecule has 2 rings (SSSR count). The zero-order valence-corrected chi connectivity index (χ0v) is 17.0. The number of nitrogens with one attached hydrogen (secondary N) is 1. The summed E-state index contributed by atoms with van der Waals surface area (Å²) in [6.07, 6.45) is 1.15. The Morgan fingerprint density at radius 3 is 2.32 bits per heavy atom. The summed E-state index contributed by atoms with van der Waals surface area (Å²) in [6, 6.07) is 16.8. The molecule has 25 heavy (non-hydrogen) atoms. The number of hydrogen-bond acceptors (Lipinski definition) is 3. The molecule has 0 amide bonds. The number of benzene rings is 2. The Morgan fingerprint density at radius 1 is 0.960 bits per heavy atom. The van der Waals surface area contributed by atoms with Gasteiger partial charge in [-0.2, -0.15) is 0 Å². The van der Waals surface area contributed by atoms with Crippen LogP contribution in [0.2, 0.25) is 0 Å². The van der Waals surface area contributed by atoms with Crippen LogP contribution in [-0.2, 0) is 13.2 Å². The first-order valence-corrected chi connectivity index (χ1v) is 8.27. The lowest BCUT2D eigenvalue weighted by molar-refractivity contribution is 0.302. The second-order valence-electron chi connectivity index (χ2n) is 6.22. The molecule has 0 spiro atoms. The molecule has 0 saturated carbocycles. The van der Waals surface area contributed by atoms with Gasteiger partial charge in [-0.05, 0) is 52.2 Å². The van der Waals surface area contributed by atoms with Gasteiger partial charge in [0.05, 0.1) is 0 Å². The minimum Gasteiger partial charge on any atom is -0.489 e. The van der Waals surface area contributed by atoms with Gasteiger partial charge in [-0.3, -0.25) is 0 Å². The van der Waals surface area contributed by atoms with E-state index in [0.717, 1.165) is 31.8 Å². The zero-order chi connectivity index (χ0) is 16.5. The Balaban J connectivity index is 0.00000288. The number of para-hydroxylation sites is 1. The number of hydrogen-bond donors (Lipinski definition) is 1. The molecule has 0 fully saturated rings.